The van der Waals surface area contributed by atoms with Crippen LogP contribution in [0.5, 0.6) is 5.75 Å². The fourth-order valence-electron chi connectivity index (χ4n) is 3.81. The predicted octanol–water partition coefficient (Wildman–Crippen LogP) is 3.54. The van der Waals surface area contributed by atoms with E-state index in [0.717, 1.165) is 17.1 Å². The Labute approximate surface area is 170 Å². The second-order valence-electron chi connectivity index (χ2n) is 7.40. The standard InChI is InChI=1S/C21H25FN2O4S/c1-24(2)29(26,27)17-9-10-19(28-3)18(14-17)23-20(25)21(11-4-5-12-21)15-7-6-8-16(22)13-15/h6-10,13-14H,4-5,11-12H2,1-3H3,(H,23,25). The van der Waals surface area contributed by atoms with Crippen molar-refractivity contribution in [3.63, 3.8) is 0 Å². The average molecular weight is 421 g/mol. The summed E-state index contributed by atoms with van der Waals surface area (Å²) < 4.78 is 45.2. The minimum Gasteiger partial charge on any atom is -0.495 e. The fourth-order valence-corrected chi connectivity index (χ4v) is 4.74. The first-order valence-electron chi connectivity index (χ1n) is 9.39. The number of carbonyl (C=O) groups is 1. The van der Waals surface area contributed by atoms with Gasteiger partial charge in [0.25, 0.3) is 0 Å². The van der Waals surface area contributed by atoms with Gasteiger partial charge in [0.2, 0.25) is 15.9 Å². The molecule has 3 rings (SSSR count). The molecule has 1 aliphatic carbocycles. The molecular formula is C21H25FN2O4S. The SMILES string of the molecule is COc1ccc(S(=O)(=O)N(C)C)cc1NC(=O)C1(c2cccc(F)c2)CCCC1. The van der Waals surface area contributed by atoms with Crippen LogP contribution in [0.4, 0.5) is 10.1 Å². The van der Waals surface area contributed by atoms with E-state index in [-0.39, 0.29) is 16.5 Å². The number of carbonyl (C=O) groups excluding carboxylic acids is 1. The Morgan fingerprint density at radius 2 is 1.83 bits per heavy atom. The summed E-state index contributed by atoms with van der Waals surface area (Å²) in [5.74, 6) is -0.333. The summed E-state index contributed by atoms with van der Waals surface area (Å²) in [5.41, 5.74) is 0.0374. The van der Waals surface area contributed by atoms with E-state index < -0.39 is 21.3 Å². The third-order valence-electron chi connectivity index (χ3n) is 5.47. The van der Waals surface area contributed by atoms with Crippen molar-refractivity contribution in [2.24, 2.45) is 0 Å². The number of sulfonamides is 1. The molecule has 1 fully saturated rings. The van der Waals surface area contributed by atoms with E-state index in [2.05, 4.69) is 5.32 Å². The van der Waals surface area contributed by atoms with Crippen LogP contribution in [0, 0.1) is 5.82 Å². The lowest BCUT2D eigenvalue weighted by Crippen LogP contribution is -2.38. The van der Waals surface area contributed by atoms with E-state index in [1.165, 1.54) is 51.5 Å². The van der Waals surface area contributed by atoms with E-state index in [4.69, 9.17) is 4.74 Å². The molecule has 156 valence electrons. The van der Waals surface area contributed by atoms with E-state index in [1.807, 2.05) is 0 Å². The summed E-state index contributed by atoms with van der Waals surface area (Å²) in [4.78, 5) is 13.4. The first-order chi connectivity index (χ1) is 13.7. The maximum Gasteiger partial charge on any atom is 0.242 e. The van der Waals surface area contributed by atoms with Crippen LogP contribution in [0.25, 0.3) is 0 Å². The summed E-state index contributed by atoms with van der Waals surface area (Å²) in [6.45, 7) is 0. The van der Waals surface area contributed by atoms with Crippen LogP contribution in [0.15, 0.2) is 47.4 Å². The van der Waals surface area contributed by atoms with Crippen LogP contribution in [0.2, 0.25) is 0 Å². The van der Waals surface area contributed by atoms with Crippen molar-refractivity contribution in [2.75, 3.05) is 26.5 Å². The van der Waals surface area contributed by atoms with Gasteiger partial charge in [-0.2, -0.15) is 0 Å². The first kappa shape index (κ1) is 21.3. The van der Waals surface area contributed by atoms with Gasteiger partial charge in [-0.25, -0.2) is 17.1 Å². The highest BCUT2D eigenvalue weighted by atomic mass is 32.2. The Bertz CT molecular complexity index is 1020. The molecule has 0 heterocycles. The molecule has 2 aromatic rings. The van der Waals surface area contributed by atoms with Crippen LogP contribution < -0.4 is 10.1 Å². The van der Waals surface area contributed by atoms with Crippen molar-refractivity contribution in [3.05, 3.63) is 53.8 Å². The molecule has 1 N–H and O–H groups in total. The molecule has 0 bridgehead atoms. The van der Waals surface area contributed by atoms with Gasteiger partial charge >= 0.3 is 0 Å². The lowest BCUT2D eigenvalue weighted by atomic mass is 9.78. The highest BCUT2D eigenvalue weighted by Crippen LogP contribution is 2.43. The van der Waals surface area contributed by atoms with Crippen LogP contribution in [0.3, 0.4) is 0 Å². The molecule has 1 amide bonds. The van der Waals surface area contributed by atoms with Crippen molar-refractivity contribution in [3.8, 4) is 5.75 Å². The van der Waals surface area contributed by atoms with Gasteiger partial charge in [0.1, 0.15) is 11.6 Å². The number of nitrogens with zero attached hydrogens (tertiary/aromatic N) is 1. The van der Waals surface area contributed by atoms with Gasteiger partial charge in [-0.05, 0) is 48.7 Å². The monoisotopic (exact) mass is 420 g/mol. The Balaban J connectivity index is 2.00. The summed E-state index contributed by atoms with van der Waals surface area (Å²) in [6, 6.07) is 10.4. The quantitative estimate of drug-likeness (QED) is 0.776. The molecule has 0 radical (unpaired) electrons. The predicted molar refractivity (Wildman–Crippen MR) is 109 cm³/mol. The maximum absolute atomic E-state index is 13.8. The van der Waals surface area contributed by atoms with Crippen LogP contribution >= 0.6 is 0 Å². The third kappa shape index (κ3) is 4.00. The summed E-state index contributed by atoms with van der Waals surface area (Å²) in [7, 11) is 0.652. The molecule has 1 saturated carbocycles. The van der Waals surface area contributed by atoms with Gasteiger partial charge in [-0.15, -0.1) is 0 Å². The average Bonchev–Trinajstić information content (AvgIpc) is 3.19. The number of hydrogen-bond acceptors (Lipinski definition) is 4. The number of nitrogens with one attached hydrogen (secondary N) is 1. The Kier molecular flexibility index (Phi) is 5.95. The summed E-state index contributed by atoms with van der Waals surface area (Å²) in [6.07, 6.45) is 2.91. The Hall–Kier alpha value is -2.45. The molecular weight excluding hydrogens is 395 g/mol. The topological polar surface area (TPSA) is 75.7 Å². The Morgan fingerprint density at radius 1 is 1.14 bits per heavy atom. The van der Waals surface area contributed by atoms with Crippen molar-refractivity contribution >= 4 is 21.6 Å². The summed E-state index contributed by atoms with van der Waals surface area (Å²) in [5, 5.41) is 2.84. The molecule has 29 heavy (non-hydrogen) atoms. The molecule has 0 unspecified atom stereocenters. The minimum absolute atomic E-state index is 0.0461. The Morgan fingerprint density at radius 3 is 2.41 bits per heavy atom. The zero-order valence-corrected chi connectivity index (χ0v) is 17.6. The van der Waals surface area contributed by atoms with E-state index in [1.54, 1.807) is 12.1 Å². The number of benzene rings is 2. The van der Waals surface area contributed by atoms with Gasteiger partial charge in [0.05, 0.1) is 23.1 Å². The molecule has 2 aromatic carbocycles. The second kappa shape index (κ2) is 8.12. The number of ether oxygens (including phenoxy) is 1. The lowest BCUT2D eigenvalue weighted by Gasteiger charge is -2.29. The smallest absolute Gasteiger partial charge is 0.242 e. The zero-order valence-electron chi connectivity index (χ0n) is 16.7. The number of halogens is 1. The highest BCUT2D eigenvalue weighted by molar-refractivity contribution is 7.89. The van der Waals surface area contributed by atoms with Crippen LogP contribution in [-0.4, -0.2) is 39.8 Å². The number of amides is 1. The van der Waals surface area contributed by atoms with Gasteiger partial charge in [0, 0.05) is 14.1 Å². The fraction of sp³-hybridized carbons (Fsp3) is 0.381. The van der Waals surface area contributed by atoms with Crippen molar-refractivity contribution < 1.29 is 22.3 Å². The molecule has 8 heteroatoms. The van der Waals surface area contributed by atoms with Crippen molar-refractivity contribution in [2.45, 2.75) is 36.0 Å². The number of rotatable bonds is 6. The molecule has 0 aromatic heterocycles. The molecule has 1 aliphatic rings. The minimum atomic E-state index is -3.68. The van der Waals surface area contributed by atoms with Crippen molar-refractivity contribution in [1.29, 1.82) is 0 Å². The van der Waals surface area contributed by atoms with E-state index in [9.17, 15) is 17.6 Å². The number of methoxy groups -OCH3 is 1. The number of anilines is 1. The third-order valence-corrected chi connectivity index (χ3v) is 7.28. The van der Waals surface area contributed by atoms with Crippen LogP contribution in [0.1, 0.15) is 31.2 Å². The number of hydrogen-bond donors (Lipinski definition) is 1. The normalized spacial score (nSPS) is 16.0. The molecule has 0 atom stereocenters. The molecule has 0 saturated heterocycles. The van der Waals surface area contributed by atoms with E-state index >= 15 is 0 Å². The second-order valence-corrected chi connectivity index (χ2v) is 9.56. The van der Waals surface area contributed by atoms with Crippen LogP contribution in [-0.2, 0) is 20.2 Å². The van der Waals surface area contributed by atoms with E-state index in [0.29, 0.717) is 24.2 Å². The molecule has 0 spiro atoms. The first-order valence-corrected chi connectivity index (χ1v) is 10.8. The molecule has 0 aliphatic heterocycles. The van der Waals surface area contributed by atoms with Crippen molar-refractivity contribution in [1.82, 2.24) is 4.31 Å². The van der Waals surface area contributed by atoms with Gasteiger partial charge < -0.3 is 10.1 Å². The zero-order chi connectivity index (χ0) is 21.2. The lowest BCUT2D eigenvalue weighted by molar-refractivity contribution is -0.121. The maximum atomic E-state index is 13.8. The molecule has 6 nitrogen and oxygen atoms in total. The summed E-state index contributed by atoms with van der Waals surface area (Å²) >= 11 is 0. The van der Waals surface area contributed by atoms with Gasteiger partial charge in [-0.3, -0.25) is 4.79 Å². The largest absolute Gasteiger partial charge is 0.495 e. The highest BCUT2D eigenvalue weighted by Gasteiger charge is 2.43. The van der Waals surface area contributed by atoms with Gasteiger partial charge in [-0.1, -0.05) is 25.0 Å². The van der Waals surface area contributed by atoms with Gasteiger partial charge in [0.15, 0.2) is 0 Å².